The Balaban J connectivity index is 1.66. The van der Waals surface area contributed by atoms with Gasteiger partial charge in [-0.25, -0.2) is 0 Å². The predicted molar refractivity (Wildman–Crippen MR) is 74.3 cm³/mol. The van der Waals surface area contributed by atoms with Gasteiger partial charge < -0.3 is 14.4 Å². The van der Waals surface area contributed by atoms with Crippen LogP contribution in [0.2, 0.25) is 0 Å². The molecule has 20 heavy (non-hydrogen) atoms. The Morgan fingerprint density at radius 2 is 2.40 bits per heavy atom. The van der Waals surface area contributed by atoms with Gasteiger partial charge in [0.1, 0.15) is 0 Å². The van der Waals surface area contributed by atoms with Crippen LogP contribution < -0.4 is 0 Å². The molecular weight excluding hydrogens is 278 g/mol. The largest absolute Gasteiger partial charge is 0.394 e. The van der Waals surface area contributed by atoms with Gasteiger partial charge >= 0.3 is 0 Å². The molecule has 6 nitrogen and oxygen atoms in total. The number of aromatic nitrogens is 2. The molecule has 2 atom stereocenters. The third-order valence-corrected chi connectivity index (χ3v) is 4.04. The first-order valence-corrected chi connectivity index (χ1v) is 7.47. The fourth-order valence-electron chi connectivity index (χ4n) is 2.39. The van der Waals surface area contributed by atoms with Crippen LogP contribution in [0.1, 0.15) is 12.8 Å². The van der Waals surface area contributed by atoms with E-state index in [0.29, 0.717) is 24.8 Å². The van der Waals surface area contributed by atoms with Gasteiger partial charge in [-0.15, -0.1) is 11.3 Å². The second-order valence-electron chi connectivity index (χ2n) is 4.93. The van der Waals surface area contributed by atoms with E-state index < -0.39 is 0 Å². The summed E-state index contributed by atoms with van der Waals surface area (Å²) in [5.74, 6) is 1.23. The molecule has 0 aromatic carbocycles. The summed E-state index contributed by atoms with van der Waals surface area (Å²) in [5, 5.41) is 15.2. The first-order chi connectivity index (χ1) is 9.74. The number of rotatable bonds is 4. The molecule has 3 heterocycles. The number of hydrogen-bond acceptors (Lipinski definition) is 7. The van der Waals surface area contributed by atoms with Gasteiger partial charge in [0, 0.05) is 13.1 Å². The van der Waals surface area contributed by atoms with Crippen LogP contribution in [0, 0.1) is 0 Å². The molecule has 0 amide bonds. The van der Waals surface area contributed by atoms with Crippen LogP contribution in [0.3, 0.4) is 0 Å². The molecule has 1 aliphatic heterocycles. The van der Waals surface area contributed by atoms with Crippen molar-refractivity contribution in [1.82, 2.24) is 15.0 Å². The molecule has 2 aromatic rings. The summed E-state index contributed by atoms with van der Waals surface area (Å²) in [5.41, 5.74) is 0. The fraction of sp³-hybridized carbons (Fsp3) is 0.538. The van der Waals surface area contributed by atoms with E-state index in [2.05, 4.69) is 15.0 Å². The zero-order valence-electron chi connectivity index (χ0n) is 11.2. The molecule has 0 bridgehead atoms. The molecule has 7 heteroatoms. The lowest BCUT2D eigenvalue weighted by molar-refractivity contribution is -0.0988. The van der Waals surface area contributed by atoms with Crippen molar-refractivity contribution in [2.75, 3.05) is 19.7 Å². The highest BCUT2D eigenvalue weighted by molar-refractivity contribution is 7.13. The molecule has 1 saturated heterocycles. The molecule has 1 fully saturated rings. The van der Waals surface area contributed by atoms with Gasteiger partial charge in [0.25, 0.3) is 0 Å². The highest BCUT2D eigenvalue weighted by atomic mass is 32.1. The van der Waals surface area contributed by atoms with Crippen molar-refractivity contribution in [3.63, 3.8) is 0 Å². The zero-order valence-corrected chi connectivity index (χ0v) is 12.0. The van der Waals surface area contributed by atoms with Crippen LogP contribution >= 0.6 is 11.3 Å². The quantitative estimate of drug-likeness (QED) is 0.919. The maximum absolute atomic E-state index is 9.22. The van der Waals surface area contributed by atoms with E-state index in [1.54, 1.807) is 11.3 Å². The maximum atomic E-state index is 9.22. The number of ether oxygens (including phenoxy) is 1. The standard InChI is InChI=1S/C13H17N3O3S/c1-9-5-16(6-10(8-17)18-9)7-12-14-13(15-19-12)11-3-2-4-20-11/h2-4,9-10,17H,5-8H2,1H3. The SMILES string of the molecule is CC1CN(Cc2nc(-c3cccs3)no2)CC(CO)O1. The molecule has 0 spiro atoms. The van der Waals surface area contributed by atoms with E-state index >= 15 is 0 Å². The molecule has 108 valence electrons. The number of morpholine rings is 1. The van der Waals surface area contributed by atoms with Gasteiger partial charge in [-0.2, -0.15) is 4.98 Å². The molecule has 2 aromatic heterocycles. The van der Waals surface area contributed by atoms with Crippen LogP contribution in [-0.4, -0.2) is 52.1 Å². The number of thiophene rings is 1. The zero-order chi connectivity index (χ0) is 13.9. The monoisotopic (exact) mass is 295 g/mol. The molecule has 1 N–H and O–H groups in total. The van der Waals surface area contributed by atoms with Gasteiger partial charge in [-0.3, -0.25) is 4.90 Å². The Kier molecular flexibility index (Phi) is 4.11. The van der Waals surface area contributed by atoms with Gasteiger partial charge in [0.15, 0.2) is 0 Å². The van der Waals surface area contributed by atoms with Crippen molar-refractivity contribution in [2.45, 2.75) is 25.7 Å². The Hall–Kier alpha value is -1.28. The summed E-state index contributed by atoms with van der Waals surface area (Å²) in [7, 11) is 0. The topological polar surface area (TPSA) is 71.6 Å². The normalized spacial score (nSPS) is 24.1. The first-order valence-electron chi connectivity index (χ1n) is 6.59. The smallest absolute Gasteiger partial charge is 0.241 e. The highest BCUT2D eigenvalue weighted by Crippen LogP contribution is 2.22. The molecule has 0 aliphatic carbocycles. The van der Waals surface area contributed by atoms with E-state index in [0.717, 1.165) is 11.4 Å². The second kappa shape index (κ2) is 6.01. The molecule has 1 aliphatic rings. The fourth-order valence-corrected chi connectivity index (χ4v) is 3.04. The van der Waals surface area contributed by atoms with Crippen molar-refractivity contribution >= 4 is 11.3 Å². The van der Waals surface area contributed by atoms with Gasteiger partial charge in [0.2, 0.25) is 11.7 Å². The number of aliphatic hydroxyl groups excluding tert-OH is 1. The lowest BCUT2D eigenvalue weighted by Gasteiger charge is -2.35. The first kappa shape index (κ1) is 13.7. The lowest BCUT2D eigenvalue weighted by Crippen LogP contribution is -2.47. The lowest BCUT2D eigenvalue weighted by atomic mass is 10.2. The molecule has 3 rings (SSSR count). The van der Waals surface area contributed by atoms with Gasteiger partial charge in [0.05, 0.1) is 30.2 Å². The van der Waals surface area contributed by atoms with Crippen molar-refractivity contribution in [3.05, 3.63) is 23.4 Å². The Morgan fingerprint density at radius 1 is 1.50 bits per heavy atom. The van der Waals surface area contributed by atoms with Gasteiger partial charge in [-0.05, 0) is 18.4 Å². The molecule has 0 saturated carbocycles. The number of hydrogen-bond donors (Lipinski definition) is 1. The average molecular weight is 295 g/mol. The summed E-state index contributed by atoms with van der Waals surface area (Å²) in [6.45, 7) is 4.10. The maximum Gasteiger partial charge on any atom is 0.241 e. The van der Waals surface area contributed by atoms with Crippen LogP contribution in [-0.2, 0) is 11.3 Å². The minimum atomic E-state index is -0.140. The van der Waals surface area contributed by atoms with Gasteiger partial charge in [-0.1, -0.05) is 11.2 Å². The predicted octanol–water partition coefficient (Wildman–Crippen LogP) is 1.38. The minimum Gasteiger partial charge on any atom is -0.394 e. The van der Waals surface area contributed by atoms with Crippen molar-refractivity contribution in [3.8, 4) is 10.7 Å². The summed E-state index contributed by atoms with van der Waals surface area (Å²) in [4.78, 5) is 7.58. The number of nitrogens with zero attached hydrogens (tertiary/aromatic N) is 3. The second-order valence-corrected chi connectivity index (χ2v) is 5.88. The van der Waals surface area contributed by atoms with Crippen LogP contribution in [0.4, 0.5) is 0 Å². The Bertz CT molecular complexity index is 543. The van der Waals surface area contributed by atoms with E-state index in [4.69, 9.17) is 9.26 Å². The van der Waals surface area contributed by atoms with Crippen LogP contribution in [0.15, 0.2) is 22.0 Å². The van der Waals surface area contributed by atoms with Crippen molar-refractivity contribution in [2.24, 2.45) is 0 Å². The third kappa shape index (κ3) is 3.06. The third-order valence-electron chi connectivity index (χ3n) is 3.17. The van der Waals surface area contributed by atoms with Crippen LogP contribution in [0.5, 0.6) is 0 Å². The van der Waals surface area contributed by atoms with Crippen LogP contribution in [0.25, 0.3) is 10.7 Å². The van der Waals surface area contributed by atoms with E-state index in [9.17, 15) is 5.11 Å². The summed E-state index contributed by atoms with van der Waals surface area (Å²) < 4.78 is 10.9. The van der Waals surface area contributed by atoms with Crippen molar-refractivity contribution < 1.29 is 14.4 Å². The van der Waals surface area contributed by atoms with E-state index in [1.807, 2.05) is 24.4 Å². The van der Waals surface area contributed by atoms with Crippen molar-refractivity contribution in [1.29, 1.82) is 0 Å². The molecule has 0 radical (unpaired) electrons. The number of aliphatic hydroxyl groups is 1. The molecular formula is C13H17N3O3S. The Morgan fingerprint density at radius 3 is 3.15 bits per heavy atom. The highest BCUT2D eigenvalue weighted by Gasteiger charge is 2.26. The summed E-state index contributed by atoms with van der Waals surface area (Å²) in [6, 6.07) is 3.93. The van der Waals surface area contributed by atoms with E-state index in [1.165, 1.54) is 0 Å². The van der Waals surface area contributed by atoms with E-state index in [-0.39, 0.29) is 18.8 Å². The average Bonchev–Trinajstić information content (AvgIpc) is 3.08. The summed E-state index contributed by atoms with van der Waals surface area (Å²) >= 11 is 1.59. The molecule has 2 unspecified atom stereocenters. The summed E-state index contributed by atoms with van der Waals surface area (Å²) in [6.07, 6.45) is -0.0426. The Labute approximate surface area is 121 Å². The minimum absolute atomic E-state index is 0.0329.